The molecule has 26 heavy (non-hydrogen) atoms. The van der Waals surface area contributed by atoms with Gasteiger partial charge in [0.2, 0.25) is 0 Å². The Morgan fingerprint density at radius 2 is 1.96 bits per heavy atom. The van der Waals surface area contributed by atoms with Crippen molar-refractivity contribution in [2.24, 2.45) is 0 Å². The number of aryl methyl sites for hydroxylation is 1. The van der Waals surface area contributed by atoms with E-state index in [4.69, 9.17) is 4.74 Å². The van der Waals surface area contributed by atoms with Crippen LogP contribution in [0.5, 0.6) is 11.5 Å². The first-order valence-electron chi connectivity index (χ1n) is 7.71. The fourth-order valence-electron chi connectivity index (χ4n) is 2.47. The van der Waals surface area contributed by atoms with E-state index in [9.17, 15) is 9.65 Å². The van der Waals surface area contributed by atoms with Gasteiger partial charge in [0.15, 0.2) is 11.6 Å². The van der Waals surface area contributed by atoms with Crippen molar-refractivity contribution >= 4 is 21.7 Å². The van der Waals surface area contributed by atoms with E-state index in [0.717, 1.165) is 26.6 Å². The number of thiazole rings is 1. The lowest BCUT2D eigenvalue weighted by Crippen LogP contribution is -1.91. The van der Waals surface area contributed by atoms with Crippen molar-refractivity contribution in [3.05, 3.63) is 65.9 Å². The molecule has 0 radical (unpaired) electrons. The van der Waals surface area contributed by atoms with Crippen LogP contribution >= 0.6 is 11.3 Å². The minimum absolute atomic E-state index is 0.0719. The number of benzene rings is 2. The van der Waals surface area contributed by atoms with E-state index >= 15 is 0 Å². The zero-order valence-corrected chi connectivity index (χ0v) is 14.4. The molecule has 2 aromatic carbocycles. The standard InChI is InChI=1S/C19H11FN4OS/c1-11-17-19(23-10-22-11)26-18(24-17)12-6-7-15(13(8-12)9-21)25-16-5-3-2-4-14(16)20/h2-8,10H,1H3. The Morgan fingerprint density at radius 1 is 1.12 bits per heavy atom. The summed E-state index contributed by atoms with van der Waals surface area (Å²) < 4.78 is 19.3. The van der Waals surface area contributed by atoms with Crippen LogP contribution in [0.3, 0.4) is 0 Å². The summed E-state index contributed by atoms with van der Waals surface area (Å²) in [6, 6.07) is 13.3. The number of halogens is 1. The summed E-state index contributed by atoms with van der Waals surface area (Å²) >= 11 is 1.42. The molecule has 4 aromatic rings. The average Bonchev–Trinajstić information content (AvgIpc) is 3.09. The zero-order valence-electron chi connectivity index (χ0n) is 13.6. The Hall–Kier alpha value is -3.37. The third-order valence-electron chi connectivity index (χ3n) is 3.78. The number of hydrogen-bond donors (Lipinski definition) is 0. The van der Waals surface area contributed by atoms with Crippen molar-refractivity contribution in [2.45, 2.75) is 6.92 Å². The maximum absolute atomic E-state index is 13.8. The van der Waals surface area contributed by atoms with Gasteiger partial charge in [-0.2, -0.15) is 5.26 Å². The average molecular weight is 362 g/mol. The molecule has 4 rings (SSSR count). The first-order chi connectivity index (χ1) is 12.7. The highest BCUT2D eigenvalue weighted by atomic mass is 32.1. The number of nitrogens with zero attached hydrogens (tertiary/aromatic N) is 4. The minimum atomic E-state index is -0.485. The summed E-state index contributed by atoms with van der Waals surface area (Å²) in [4.78, 5) is 13.7. The molecule has 0 saturated carbocycles. The normalized spacial score (nSPS) is 10.7. The largest absolute Gasteiger partial charge is 0.453 e. The second-order valence-corrected chi connectivity index (χ2v) is 6.46. The van der Waals surface area contributed by atoms with E-state index in [1.165, 1.54) is 29.8 Å². The van der Waals surface area contributed by atoms with Crippen LogP contribution in [0.25, 0.3) is 20.9 Å². The third kappa shape index (κ3) is 2.87. The monoisotopic (exact) mass is 362 g/mol. The smallest absolute Gasteiger partial charge is 0.165 e. The molecule has 7 heteroatoms. The molecule has 0 saturated heterocycles. The number of aromatic nitrogens is 3. The quantitative estimate of drug-likeness (QED) is 0.520. The number of rotatable bonds is 3. The van der Waals surface area contributed by atoms with Gasteiger partial charge < -0.3 is 4.74 Å². The highest BCUT2D eigenvalue weighted by Crippen LogP contribution is 2.34. The SMILES string of the molecule is Cc1ncnc2sc(-c3ccc(Oc4ccccc4F)c(C#N)c3)nc12. The number of nitriles is 1. The Bertz CT molecular complexity index is 1170. The summed E-state index contributed by atoms with van der Waals surface area (Å²) in [7, 11) is 0. The molecule has 0 unspecified atom stereocenters. The Labute approximate surface area is 152 Å². The lowest BCUT2D eigenvalue weighted by molar-refractivity contribution is 0.441. The Morgan fingerprint density at radius 3 is 2.73 bits per heavy atom. The van der Waals surface area contributed by atoms with Gasteiger partial charge in [-0.3, -0.25) is 0 Å². The van der Waals surface area contributed by atoms with Gasteiger partial charge in [0, 0.05) is 5.56 Å². The maximum Gasteiger partial charge on any atom is 0.165 e. The van der Waals surface area contributed by atoms with Crippen molar-refractivity contribution < 1.29 is 9.13 Å². The molecule has 0 fully saturated rings. The molecule has 0 bridgehead atoms. The molecule has 126 valence electrons. The van der Waals surface area contributed by atoms with Crippen molar-refractivity contribution in [2.75, 3.05) is 0 Å². The molecule has 0 atom stereocenters. The van der Waals surface area contributed by atoms with Gasteiger partial charge in [-0.1, -0.05) is 23.5 Å². The Kier molecular flexibility index (Phi) is 4.03. The first-order valence-corrected chi connectivity index (χ1v) is 8.52. The van der Waals surface area contributed by atoms with Crippen LogP contribution in [0, 0.1) is 24.1 Å². The Balaban J connectivity index is 1.74. The molecule has 0 N–H and O–H groups in total. The number of hydrogen-bond acceptors (Lipinski definition) is 6. The topological polar surface area (TPSA) is 71.7 Å². The molecule has 0 aliphatic carbocycles. The lowest BCUT2D eigenvalue weighted by atomic mass is 10.1. The van der Waals surface area contributed by atoms with E-state index in [0.29, 0.717) is 11.3 Å². The molecule has 5 nitrogen and oxygen atoms in total. The summed E-state index contributed by atoms with van der Waals surface area (Å²) in [5.41, 5.74) is 2.62. The van der Waals surface area contributed by atoms with Gasteiger partial charge in [-0.25, -0.2) is 19.3 Å². The second kappa shape index (κ2) is 6.50. The third-order valence-corrected chi connectivity index (χ3v) is 4.79. The van der Waals surface area contributed by atoms with Crippen LogP contribution in [0.15, 0.2) is 48.8 Å². The van der Waals surface area contributed by atoms with E-state index in [2.05, 4.69) is 21.0 Å². The summed E-state index contributed by atoms with van der Waals surface area (Å²) in [6.07, 6.45) is 1.51. The molecule has 0 spiro atoms. The molecule has 0 amide bonds. The first kappa shape index (κ1) is 16.1. The van der Waals surface area contributed by atoms with E-state index in [1.54, 1.807) is 30.3 Å². The number of fused-ring (bicyclic) bond motifs is 1. The van der Waals surface area contributed by atoms with Gasteiger partial charge >= 0.3 is 0 Å². The molecule has 0 aliphatic heterocycles. The number of para-hydroxylation sites is 1. The molecule has 2 aromatic heterocycles. The van der Waals surface area contributed by atoms with Crippen molar-refractivity contribution in [1.82, 2.24) is 15.0 Å². The van der Waals surface area contributed by atoms with Crippen LogP contribution < -0.4 is 4.74 Å². The predicted molar refractivity (Wildman–Crippen MR) is 96.6 cm³/mol. The number of ether oxygens (including phenoxy) is 1. The minimum Gasteiger partial charge on any atom is -0.453 e. The van der Waals surface area contributed by atoms with Crippen LogP contribution in [-0.4, -0.2) is 15.0 Å². The summed E-state index contributed by atoms with van der Waals surface area (Å²) in [5, 5.41) is 10.2. The van der Waals surface area contributed by atoms with Gasteiger partial charge in [0.25, 0.3) is 0 Å². The van der Waals surface area contributed by atoms with Gasteiger partial charge in [-0.15, -0.1) is 0 Å². The summed E-state index contributed by atoms with van der Waals surface area (Å²) in [5.74, 6) is -0.123. The lowest BCUT2D eigenvalue weighted by Gasteiger charge is -2.09. The highest BCUT2D eigenvalue weighted by Gasteiger charge is 2.13. The van der Waals surface area contributed by atoms with Crippen LogP contribution in [0.1, 0.15) is 11.3 Å². The molecule has 2 heterocycles. The van der Waals surface area contributed by atoms with Crippen molar-refractivity contribution in [3.63, 3.8) is 0 Å². The van der Waals surface area contributed by atoms with E-state index < -0.39 is 5.82 Å². The molecular weight excluding hydrogens is 351 g/mol. The zero-order chi connectivity index (χ0) is 18.1. The van der Waals surface area contributed by atoms with Gasteiger partial charge in [-0.05, 0) is 37.3 Å². The highest BCUT2D eigenvalue weighted by molar-refractivity contribution is 7.21. The predicted octanol–water partition coefficient (Wildman–Crippen LogP) is 4.86. The van der Waals surface area contributed by atoms with Crippen LogP contribution in [0.2, 0.25) is 0 Å². The molecule has 0 aliphatic rings. The fourth-order valence-corrected chi connectivity index (χ4v) is 3.43. The van der Waals surface area contributed by atoms with Crippen LogP contribution in [0.4, 0.5) is 4.39 Å². The van der Waals surface area contributed by atoms with Crippen LogP contribution in [-0.2, 0) is 0 Å². The van der Waals surface area contributed by atoms with Gasteiger partial charge in [0.1, 0.15) is 33.5 Å². The fraction of sp³-hybridized carbons (Fsp3) is 0.0526. The van der Waals surface area contributed by atoms with Crippen molar-refractivity contribution in [3.8, 4) is 28.1 Å². The second-order valence-electron chi connectivity index (χ2n) is 5.49. The van der Waals surface area contributed by atoms with E-state index in [1.807, 2.05) is 6.92 Å². The maximum atomic E-state index is 13.8. The summed E-state index contributed by atoms with van der Waals surface area (Å²) in [6.45, 7) is 1.87. The van der Waals surface area contributed by atoms with Gasteiger partial charge in [0.05, 0.1) is 11.3 Å². The molecular formula is C19H11FN4OS. The van der Waals surface area contributed by atoms with E-state index in [-0.39, 0.29) is 5.75 Å². The van der Waals surface area contributed by atoms with Crippen molar-refractivity contribution in [1.29, 1.82) is 5.26 Å².